The van der Waals surface area contributed by atoms with Gasteiger partial charge in [-0.2, -0.15) is 0 Å². The minimum absolute atomic E-state index is 0.0755. The Hall–Kier alpha value is -1.88. The molecule has 30 heavy (non-hydrogen) atoms. The van der Waals surface area contributed by atoms with Crippen molar-refractivity contribution in [2.24, 2.45) is 0 Å². The van der Waals surface area contributed by atoms with Gasteiger partial charge in [-0.05, 0) is 37.0 Å². The number of fused-ring (bicyclic) bond motifs is 1. The van der Waals surface area contributed by atoms with Gasteiger partial charge in [-0.1, -0.05) is 36.4 Å². The van der Waals surface area contributed by atoms with Gasteiger partial charge >= 0.3 is 0 Å². The molecule has 1 aromatic carbocycles. The number of piperidine rings is 1. The van der Waals surface area contributed by atoms with E-state index in [2.05, 4.69) is 68.2 Å². The minimum Gasteiger partial charge on any atom is -0.371 e. The van der Waals surface area contributed by atoms with E-state index in [1.54, 1.807) is 0 Å². The Kier molecular flexibility index (Phi) is 6.07. The van der Waals surface area contributed by atoms with Crippen LogP contribution in [-0.2, 0) is 6.54 Å². The van der Waals surface area contributed by atoms with Crippen molar-refractivity contribution in [3.05, 3.63) is 58.7 Å². The summed E-state index contributed by atoms with van der Waals surface area (Å²) >= 11 is 6.29. The Labute approximate surface area is 184 Å². The Morgan fingerprint density at radius 1 is 0.933 bits per heavy atom. The molecule has 2 fully saturated rings. The number of benzene rings is 1. The van der Waals surface area contributed by atoms with E-state index in [0.717, 1.165) is 37.4 Å². The smallest absolute Gasteiger partial charge is 0.0694 e. The zero-order chi connectivity index (χ0) is 20.3. The molecular weight excluding hydrogens is 392 g/mol. The fraction of sp³-hybridized carbons (Fsp3) is 0.480. The number of pyridine rings is 1. The van der Waals surface area contributed by atoms with E-state index < -0.39 is 0 Å². The van der Waals surface area contributed by atoms with Gasteiger partial charge in [0.1, 0.15) is 0 Å². The molecule has 0 N–H and O–H groups in total. The molecule has 1 aliphatic carbocycles. The summed E-state index contributed by atoms with van der Waals surface area (Å²) in [5.74, 6) is 0. The van der Waals surface area contributed by atoms with Gasteiger partial charge in [0.25, 0.3) is 0 Å². The second kappa shape index (κ2) is 9.09. The lowest BCUT2D eigenvalue weighted by Gasteiger charge is -2.43. The van der Waals surface area contributed by atoms with Crippen LogP contribution in [0.25, 0.3) is 12.2 Å². The van der Waals surface area contributed by atoms with Gasteiger partial charge in [-0.25, -0.2) is 0 Å². The molecule has 2 aliphatic heterocycles. The van der Waals surface area contributed by atoms with Gasteiger partial charge in [0.15, 0.2) is 0 Å². The molecule has 5 rings (SSSR count). The lowest BCUT2D eigenvalue weighted by molar-refractivity contribution is 0.0811. The number of anilines is 1. The van der Waals surface area contributed by atoms with Crippen LogP contribution >= 0.6 is 11.6 Å². The Morgan fingerprint density at radius 3 is 2.47 bits per heavy atom. The Bertz CT molecular complexity index is 960. The van der Waals surface area contributed by atoms with E-state index in [-0.39, 0.29) is 5.38 Å². The van der Waals surface area contributed by atoms with Crippen LogP contribution in [-0.4, -0.2) is 65.5 Å². The van der Waals surface area contributed by atoms with Crippen LogP contribution in [0, 0.1) is 0 Å². The van der Waals surface area contributed by atoms with E-state index in [4.69, 9.17) is 11.6 Å². The molecule has 3 aliphatic rings. The average Bonchev–Trinajstić information content (AvgIpc) is 2.80. The van der Waals surface area contributed by atoms with E-state index in [0.29, 0.717) is 0 Å². The van der Waals surface area contributed by atoms with E-state index in [9.17, 15) is 0 Å². The Balaban J connectivity index is 1.16. The summed E-state index contributed by atoms with van der Waals surface area (Å²) in [6.07, 6.45) is 9.70. The molecule has 2 aromatic rings. The fourth-order valence-corrected chi connectivity index (χ4v) is 5.37. The quantitative estimate of drug-likeness (QED) is 0.706. The largest absolute Gasteiger partial charge is 0.371 e. The maximum Gasteiger partial charge on any atom is 0.0694 e. The van der Waals surface area contributed by atoms with Crippen LogP contribution in [0.4, 0.5) is 5.69 Å². The highest BCUT2D eigenvalue weighted by molar-refractivity contribution is 6.24. The first-order valence-electron chi connectivity index (χ1n) is 11.3. The first kappa shape index (κ1) is 20.0. The number of hydrogen-bond acceptors (Lipinski definition) is 4. The van der Waals surface area contributed by atoms with Crippen LogP contribution in [0.15, 0.2) is 42.6 Å². The number of hydrogen-bond donors (Lipinski definition) is 0. The van der Waals surface area contributed by atoms with Crippen molar-refractivity contribution in [2.45, 2.75) is 37.2 Å². The van der Waals surface area contributed by atoms with Gasteiger partial charge < -0.3 is 4.90 Å². The van der Waals surface area contributed by atoms with Crippen molar-refractivity contribution >= 4 is 29.4 Å². The normalized spacial score (nSPS) is 23.5. The molecule has 0 amide bonds. The average molecular weight is 423 g/mol. The van der Waals surface area contributed by atoms with Crippen LogP contribution < -0.4 is 15.5 Å². The van der Waals surface area contributed by atoms with Gasteiger partial charge in [0, 0.05) is 69.0 Å². The highest BCUT2D eigenvalue weighted by atomic mass is 35.5. The summed E-state index contributed by atoms with van der Waals surface area (Å²) in [6.45, 7) is 8.09. The first-order valence-corrected chi connectivity index (χ1v) is 11.8. The molecule has 5 heteroatoms. The number of alkyl halides is 1. The summed E-state index contributed by atoms with van der Waals surface area (Å²) in [4.78, 5) is 12.4. The monoisotopic (exact) mass is 422 g/mol. The van der Waals surface area contributed by atoms with Gasteiger partial charge in [0.2, 0.25) is 0 Å². The molecule has 2 saturated heterocycles. The number of nitrogens with zero attached hydrogens (tertiary/aromatic N) is 4. The van der Waals surface area contributed by atoms with Gasteiger partial charge in [0.05, 0.1) is 10.7 Å². The van der Waals surface area contributed by atoms with Crippen LogP contribution in [0.3, 0.4) is 0 Å². The molecule has 0 bridgehead atoms. The molecule has 1 aromatic heterocycles. The van der Waals surface area contributed by atoms with E-state index in [1.165, 1.54) is 55.5 Å². The standard InChI is InChI=1S/C25H31ClN4/c26-21-6-7-23-24(18-21)27-11-8-25(23)30-12-9-22(10-13-30)29-16-14-28(15-17-29)19-20-4-2-1-3-5-20/h1-5,7-8,11,18,21-22H,6,9-10,12-17,19H2. The lowest BCUT2D eigenvalue weighted by atomic mass is 10.0. The number of aromatic nitrogens is 1. The highest BCUT2D eigenvalue weighted by Gasteiger charge is 2.28. The van der Waals surface area contributed by atoms with Crippen molar-refractivity contribution in [2.75, 3.05) is 44.2 Å². The molecular formula is C25H31ClN4. The topological polar surface area (TPSA) is 22.6 Å². The van der Waals surface area contributed by atoms with Crippen LogP contribution in [0.1, 0.15) is 24.8 Å². The molecule has 0 spiro atoms. The summed E-state index contributed by atoms with van der Waals surface area (Å²) in [7, 11) is 0. The summed E-state index contributed by atoms with van der Waals surface area (Å²) in [6, 6.07) is 13.8. The summed E-state index contributed by atoms with van der Waals surface area (Å²) in [5, 5.41) is 2.41. The SMILES string of the molecule is ClC1C=c2nccc(N3CCC(N4CCN(Cc5ccccc5)CC4)CC3)c2=CC1. The molecule has 0 radical (unpaired) electrons. The third-order valence-corrected chi connectivity index (χ3v) is 7.17. The maximum atomic E-state index is 6.29. The third-order valence-electron chi connectivity index (χ3n) is 6.86. The third kappa shape index (κ3) is 4.41. The zero-order valence-electron chi connectivity index (χ0n) is 17.6. The summed E-state index contributed by atoms with van der Waals surface area (Å²) < 4.78 is 0. The van der Waals surface area contributed by atoms with Crippen LogP contribution in [0.2, 0.25) is 0 Å². The van der Waals surface area contributed by atoms with Gasteiger partial charge in [-0.3, -0.25) is 14.8 Å². The van der Waals surface area contributed by atoms with Crippen molar-refractivity contribution in [1.82, 2.24) is 14.8 Å². The molecule has 1 atom stereocenters. The summed E-state index contributed by atoms with van der Waals surface area (Å²) in [5.41, 5.74) is 2.76. The second-order valence-electron chi connectivity index (χ2n) is 8.77. The van der Waals surface area contributed by atoms with Crippen molar-refractivity contribution < 1.29 is 0 Å². The minimum atomic E-state index is 0.0755. The fourth-order valence-electron chi connectivity index (χ4n) is 5.17. The van der Waals surface area contributed by atoms with Crippen molar-refractivity contribution in [3.63, 3.8) is 0 Å². The maximum absolute atomic E-state index is 6.29. The van der Waals surface area contributed by atoms with Crippen molar-refractivity contribution in [1.29, 1.82) is 0 Å². The molecule has 4 nitrogen and oxygen atoms in total. The molecule has 3 heterocycles. The first-order chi connectivity index (χ1) is 14.8. The molecule has 1 unspecified atom stereocenters. The molecule has 158 valence electrons. The lowest BCUT2D eigenvalue weighted by Crippen LogP contribution is -2.53. The predicted molar refractivity (Wildman–Crippen MR) is 125 cm³/mol. The highest BCUT2D eigenvalue weighted by Crippen LogP contribution is 2.22. The van der Waals surface area contributed by atoms with Crippen molar-refractivity contribution in [3.8, 4) is 0 Å². The Morgan fingerprint density at radius 2 is 1.70 bits per heavy atom. The number of rotatable bonds is 4. The van der Waals surface area contributed by atoms with E-state index in [1.807, 2.05) is 6.20 Å². The molecule has 0 saturated carbocycles. The zero-order valence-corrected chi connectivity index (χ0v) is 18.3. The predicted octanol–water partition coefficient (Wildman–Crippen LogP) is 2.44. The van der Waals surface area contributed by atoms with E-state index >= 15 is 0 Å². The number of halogens is 1. The van der Waals surface area contributed by atoms with Crippen LogP contribution in [0.5, 0.6) is 0 Å². The second-order valence-corrected chi connectivity index (χ2v) is 9.33. The number of piperazine rings is 1. The van der Waals surface area contributed by atoms with Gasteiger partial charge in [-0.15, -0.1) is 11.6 Å².